The Hall–Kier alpha value is -2.84. The highest BCUT2D eigenvalue weighted by Crippen LogP contribution is 2.36. The number of fused-ring (bicyclic) bond motifs is 1. The number of hydrogen-bond donors (Lipinski definition) is 1. The van der Waals surface area contributed by atoms with Crippen LogP contribution in [0.5, 0.6) is 0 Å². The van der Waals surface area contributed by atoms with Crippen molar-refractivity contribution in [2.45, 2.75) is 71.3 Å². The SMILES string of the molecule is CC(C)C1CCC(n2cc(CC(=O)c3cnn4ccc(NCC5CC5)nc34)c(C(F)F)n2)CC1. The van der Waals surface area contributed by atoms with Crippen molar-refractivity contribution in [2.75, 3.05) is 11.9 Å². The number of carbonyl (C=O) groups excluding carboxylic acids is 1. The van der Waals surface area contributed by atoms with Crippen LogP contribution >= 0.6 is 0 Å². The van der Waals surface area contributed by atoms with E-state index in [-0.39, 0.29) is 29.5 Å². The van der Waals surface area contributed by atoms with Crippen LogP contribution in [-0.2, 0) is 6.42 Å². The molecule has 182 valence electrons. The van der Waals surface area contributed by atoms with Crippen LogP contribution in [0.15, 0.2) is 24.7 Å². The molecule has 0 aliphatic heterocycles. The first kappa shape index (κ1) is 22.9. The van der Waals surface area contributed by atoms with Crippen LogP contribution in [0.1, 0.15) is 86.5 Å². The minimum Gasteiger partial charge on any atom is -0.370 e. The van der Waals surface area contributed by atoms with Gasteiger partial charge >= 0.3 is 0 Å². The monoisotopic (exact) mass is 470 g/mol. The van der Waals surface area contributed by atoms with Gasteiger partial charge in [-0.05, 0) is 62.3 Å². The molecule has 3 heterocycles. The number of alkyl halides is 2. The molecule has 0 atom stereocenters. The maximum absolute atomic E-state index is 13.8. The number of Topliss-reactive ketones (excluding diaryl/α,β-unsaturated/α-hetero) is 1. The van der Waals surface area contributed by atoms with Crippen LogP contribution in [0.2, 0.25) is 0 Å². The molecule has 34 heavy (non-hydrogen) atoms. The largest absolute Gasteiger partial charge is 0.370 e. The van der Waals surface area contributed by atoms with Crippen molar-refractivity contribution in [2.24, 2.45) is 17.8 Å². The lowest BCUT2D eigenvalue weighted by molar-refractivity contribution is 0.0992. The van der Waals surface area contributed by atoms with Gasteiger partial charge in [-0.15, -0.1) is 0 Å². The average Bonchev–Trinajstić information content (AvgIpc) is 3.40. The summed E-state index contributed by atoms with van der Waals surface area (Å²) < 4.78 is 30.8. The van der Waals surface area contributed by atoms with Gasteiger partial charge in [0.15, 0.2) is 11.4 Å². The number of nitrogens with zero attached hydrogens (tertiary/aromatic N) is 5. The van der Waals surface area contributed by atoms with Crippen molar-refractivity contribution in [3.63, 3.8) is 0 Å². The summed E-state index contributed by atoms with van der Waals surface area (Å²) in [5.74, 6) is 2.40. The summed E-state index contributed by atoms with van der Waals surface area (Å²) in [5, 5.41) is 11.8. The van der Waals surface area contributed by atoms with E-state index in [2.05, 4.69) is 34.3 Å². The fraction of sp³-hybridized carbons (Fsp3) is 0.600. The van der Waals surface area contributed by atoms with Crippen LogP contribution in [0.25, 0.3) is 5.65 Å². The number of aromatic nitrogens is 5. The van der Waals surface area contributed by atoms with Gasteiger partial charge in [-0.1, -0.05) is 13.8 Å². The lowest BCUT2D eigenvalue weighted by Gasteiger charge is -2.30. The average molecular weight is 471 g/mol. The van der Waals surface area contributed by atoms with Gasteiger partial charge in [0, 0.05) is 30.9 Å². The summed E-state index contributed by atoms with van der Waals surface area (Å²) in [6.45, 7) is 5.33. The molecule has 0 bridgehead atoms. The van der Waals surface area contributed by atoms with E-state index in [9.17, 15) is 13.6 Å². The highest BCUT2D eigenvalue weighted by molar-refractivity contribution is 6.02. The summed E-state index contributed by atoms with van der Waals surface area (Å²) in [6.07, 6.45) is 8.46. The van der Waals surface area contributed by atoms with Crippen molar-refractivity contribution < 1.29 is 13.6 Å². The summed E-state index contributed by atoms with van der Waals surface area (Å²) >= 11 is 0. The van der Waals surface area contributed by atoms with E-state index >= 15 is 0 Å². The second-order valence-electron chi connectivity index (χ2n) is 10.2. The van der Waals surface area contributed by atoms with Crippen molar-refractivity contribution >= 4 is 17.2 Å². The Morgan fingerprint density at radius 2 is 1.94 bits per heavy atom. The first-order valence-corrected chi connectivity index (χ1v) is 12.4. The van der Waals surface area contributed by atoms with Crippen molar-refractivity contribution in [1.29, 1.82) is 0 Å². The van der Waals surface area contributed by atoms with E-state index < -0.39 is 6.43 Å². The highest BCUT2D eigenvalue weighted by atomic mass is 19.3. The van der Waals surface area contributed by atoms with Gasteiger partial charge in [0.05, 0.1) is 17.8 Å². The van der Waals surface area contributed by atoms with Crippen LogP contribution in [0.3, 0.4) is 0 Å². The summed E-state index contributed by atoms with van der Waals surface area (Å²) in [5.41, 5.74) is 0.758. The third-order valence-electron chi connectivity index (χ3n) is 7.39. The molecule has 2 fully saturated rings. The number of ketones is 1. The second-order valence-corrected chi connectivity index (χ2v) is 10.2. The Labute approximate surface area is 197 Å². The smallest absolute Gasteiger partial charge is 0.282 e. The van der Waals surface area contributed by atoms with Crippen LogP contribution in [0.4, 0.5) is 14.6 Å². The minimum absolute atomic E-state index is 0.107. The van der Waals surface area contributed by atoms with Gasteiger partial charge in [-0.3, -0.25) is 9.48 Å². The summed E-state index contributed by atoms with van der Waals surface area (Å²) in [7, 11) is 0. The minimum atomic E-state index is -2.73. The summed E-state index contributed by atoms with van der Waals surface area (Å²) in [6, 6.07) is 1.93. The maximum Gasteiger partial charge on any atom is 0.282 e. The highest BCUT2D eigenvalue weighted by Gasteiger charge is 2.28. The first-order valence-electron chi connectivity index (χ1n) is 12.4. The van der Waals surface area contributed by atoms with E-state index in [0.29, 0.717) is 34.8 Å². The standard InChI is InChI=1S/C25H32F2N6O/c1-15(2)17-5-7-19(8-6-17)33-14-18(23(31-33)24(26)27)11-21(34)20-13-29-32-10-9-22(30-25(20)32)28-12-16-3-4-16/h9-10,13-17,19,24H,3-8,11-12H2,1-2H3,(H,28,30). The molecular formula is C25H32F2N6O. The van der Waals surface area contributed by atoms with Gasteiger partial charge in [0.2, 0.25) is 0 Å². The predicted octanol–water partition coefficient (Wildman–Crippen LogP) is 5.50. The fourth-order valence-electron chi connectivity index (χ4n) is 4.99. The number of hydrogen-bond acceptors (Lipinski definition) is 5. The van der Waals surface area contributed by atoms with Crippen molar-refractivity contribution in [1.82, 2.24) is 24.4 Å². The number of anilines is 1. The fourth-order valence-corrected chi connectivity index (χ4v) is 4.99. The molecule has 9 heteroatoms. The molecule has 0 radical (unpaired) electrons. The Bertz CT molecular complexity index is 1160. The Kier molecular flexibility index (Phi) is 6.36. The lowest BCUT2D eigenvalue weighted by Crippen LogP contribution is -2.21. The Morgan fingerprint density at radius 3 is 2.62 bits per heavy atom. The van der Waals surface area contributed by atoms with Gasteiger partial charge in [-0.2, -0.15) is 10.2 Å². The molecule has 2 saturated carbocycles. The molecule has 0 saturated heterocycles. The first-order chi connectivity index (χ1) is 16.4. The van der Waals surface area contributed by atoms with Gasteiger partial charge in [-0.25, -0.2) is 18.3 Å². The van der Waals surface area contributed by atoms with E-state index in [0.717, 1.165) is 32.2 Å². The lowest BCUT2D eigenvalue weighted by atomic mass is 9.80. The molecule has 3 aromatic heterocycles. The molecule has 0 unspecified atom stereocenters. The molecular weight excluding hydrogens is 438 g/mol. The normalized spacial score (nSPS) is 21.0. The van der Waals surface area contributed by atoms with Crippen LogP contribution < -0.4 is 5.32 Å². The zero-order valence-corrected chi connectivity index (χ0v) is 19.8. The zero-order chi connectivity index (χ0) is 23.8. The maximum atomic E-state index is 13.8. The second kappa shape index (κ2) is 9.43. The van der Waals surface area contributed by atoms with Gasteiger partial charge in [0.25, 0.3) is 6.43 Å². The predicted molar refractivity (Wildman–Crippen MR) is 125 cm³/mol. The quantitative estimate of drug-likeness (QED) is 0.418. The van der Waals surface area contributed by atoms with E-state index in [4.69, 9.17) is 0 Å². The van der Waals surface area contributed by atoms with E-state index in [1.807, 2.05) is 6.07 Å². The number of rotatable bonds is 9. The molecule has 2 aliphatic rings. The topological polar surface area (TPSA) is 77.1 Å². The Balaban J connectivity index is 1.34. The van der Waals surface area contributed by atoms with Crippen molar-refractivity contribution in [3.8, 4) is 0 Å². The van der Waals surface area contributed by atoms with E-state index in [1.54, 1.807) is 21.6 Å². The van der Waals surface area contributed by atoms with Crippen molar-refractivity contribution in [3.05, 3.63) is 41.5 Å². The third kappa shape index (κ3) is 4.83. The van der Waals surface area contributed by atoms with Gasteiger partial charge in [0.1, 0.15) is 11.5 Å². The number of halogens is 2. The third-order valence-corrected chi connectivity index (χ3v) is 7.39. The molecule has 5 rings (SSSR count). The molecule has 2 aliphatic carbocycles. The molecule has 1 N–H and O–H groups in total. The number of carbonyl (C=O) groups is 1. The molecule has 7 nitrogen and oxygen atoms in total. The number of nitrogens with one attached hydrogen (secondary N) is 1. The van der Waals surface area contributed by atoms with Gasteiger partial charge < -0.3 is 5.32 Å². The zero-order valence-electron chi connectivity index (χ0n) is 19.8. The molecule has 0 aromatic carbocycles. The molecule has 0 spiro atoms. The molecule has 0 amide bonds. The van der Waals surface area contributed by atoms with Crippen LogP contribution in [-0.4, -0.2) is 36.7 Å². The summed E-state index contributed by atoms with van der Waals surface area (Å²) in [4.78, 5) is 17.7. The van der Waals surface area contributed by atoms with E-state index in [1.165, 1.54) is 19.0 Å². The molecule has 3 aromatic rings. The Morgan fingerprint density at radius 1 is 1.18 bits per heavy atom. The van der Waals surface area contributed by atoms with Crippen LogP contribution in [0, 0.1) is 17.8 Å².